The van der Waals surface area contributed by atoms with Crippen molar-refractivity contribution < 1.29 is 4.79 Å². The lowest BCUT2D eigenvalue weighted by atomic mass is 10.1. The van der Waals surface area contributed by atoms with Gasteiger partial charge in [0.1, 0.15) is 0 Å². The maximum atomic E-state index is 12.5. The van der Waals surface area contributed by atoms with Gasteiger partial charge in [-0.2, -0.15) is 0 Å². The van der Waals surface area contributed by atoms with Gasteiger partial charge in [-0.3, -0.25) is 4.79 Å². The number of carbonyl (C=O) groups excluding carboxylic acids is 1. The summed E-state index contributed by atoms with van der Waals surface area (Å²) in [6.45, 7) is 2.50. The zero-order chi connectivity index (χ0) is 12.8. The quantitative estimate of drug-likeness (QED) is 0.862. The van der Waals surface area contributed by atoms with Crippen LogP contribution in [0.3, 0.4) is 0 Å². The third-order valence-electron chi connectivity index (χ3n) is 3.72. The van der Waals surface area contributed by atoms with Crippen molar-refractivity contribution in [3.63, 3.8) is 0 Å². The second-order valence-electron chi connectivity index (χ2n) is 5.02. The number of nitrogens with zero attached hydrogens (tertiary/aromatic N) is 1. The Hall–Kier alpha value is -0.480. The molecule has 1 heterocycles. The highest BCUT2D eigenvalue weighted by Crippen LogP contribution is 2.43. The standard InChI is InChI=1S/C13H14Cl2N2O.ClH/c14-10-5-9(6-11(15)7-10)12(18)17-4-3-16-8-13(17)1-2-13;/h5-7,16H,1-4,8H2;1H. The average Bonchev–Trinajstić information content (AvgIpc) is 3.08. The highest BCUT2D eigenvalue weighted by Gasteiger charge is 2.51. The number of carbonyl (C=O) groups is 1. The van der Waals surface area contributed by atoms with E-state index in [0.29, 0.717) is 15.6 Å². The van der Waals surface area contributed by atoms with Crippen LogP contribution < -0.4 is 5.32 Å². The lowest BCUT2D eigenvalue weighted by Crippen LogP contribution is -2.55. The van der Waals surface area contributed by atoms with Crippen LogP contribution in [-0.2, 0) is 0 Å². The molecule has 1 aromatic carbocycles. The van der Waals surface area contributed by atoms with Gasteiger partial charge in [-0.05, 0) is 31.0 Å². The molecule has 1 saturated carbocycles. The van der Waals surface area contributed by atoms with Crippen molar-refractivity contribution in [2.45, 2.75) is 18.4 Å². The van der Waals surface area contributed by atoms with Crippen molar-refractivity contribution in [2.75, 3.05) is 19.6 Å². The second-order valence-corrected chi connectivity index (χ2v) is 5.89. The van der Waals surface area contributed by atoms with Crippen LogP contribution in [0.4, 0.5) is 0 Å². The molecule has 0 aromatic heterocycles. The van der Waals surface area contributed by atoms with Crippen LogP contribution in [0, 0.1) is 0 Å². The zero-order valence-corrected chi connectivity index (χ0v) is 12.6. The molecule has 0 radical (unpaired) electrons. The summed E-state index contributed by atoms with van der Waals surface area (Å²) in [5, 5.41) is 4.36. The summed E-state index contributed by atoms with van der Waals surface area (Å²) in [6, 6.07) is 5.02. The van der Waals surface area contributed by atoms with E-state index in [4.69, 9.17) is 23.2 Å². The number of rotatable bonds is 1. The van der Waals surface area contributed by atoms with E-state index < -0.39 is 0 Å². The minimum absolute atomic E-state index is 0. The molecule has 2 fully saturated rings. The Labute approximate surface area is 128 Å². The van der Waals surface area contributed by atoms with Crippen LogP contribution in [0.5, 0.6) is 0 Å². The average molecular weight is 322 g/mol. The van der Waals surface area contributed by atoms with Crippen molar-refractivity contribution in [1.82, 2.24) is 10.2 Å². The molecule has 3 nitrogen and oxygen atoms in total. The molecule has 2 aliphatic rings. The van der Waals surface area contributed by atoms with Crippen molar-refractivity contribution >= 4 is 41.5 Å². The Kier molecular flexibility index (Phi) is 4.31. The highest BCUT2D eigenvalue weighted by molar-refractivity contribution is 6.35. The Morgan fingerprint density at radius 1 is 1.21 bits per heavy atom. The highest BCUT2D eigenvalue weighted by atomic mass is 35.5. The number of hydrogen-bond donors (Lipinski definition) is 1. The normalized spacial score (nSPS) is 20.0. The Morgan fingerprint density at radius 3 is 2.42 bits per heavy atom. The van der Waals surface area contributed by atoms with Gasteiger partial charge in [0, 0.05) is 35.2 Å². The van der Waals surface area contributed by atoms with Gasteiger partial charge in [-0.15, -0.1) is 12.4 Å². The van der Waals surface area contributed by atoms with Crippen LogP contribution in [0.2, 0.25) is 10.0 Å². The van der Waals surface area contributed by atoms with Gasteiger partial charge in [0.2, 0.25) is 0 Å². The Morgan fingerprint density at radius 2 is 1.84 bits per heavy atom. The fraction of sp³-hybridized carbons (Fsp3) is 0.462. The van der Waals surface area contributed by atoms with Crippen molar-refractivity contribution in [2.24, 2.45) is 0 Å². The fourth-order valence-corrected chi connectivity index (χ4v) is 3.11. The molecule has 1 aliphatic carbocycles. The third-order valence-corrected chi connectivity index (χ3v) is 4.16. The predicted octanol–water partition coefficient (Wildman–Crippen LogP) is 2.99. The lowest BCUT2D eigenvalue weighted by Gasteiger charge is -2.37. The summed E-state index contributed by atoms with van der Waals surface area (Å²) in [7, 11) is 0. The molecule has 1 spiro atoms. The first-order valence-corrected chi connectivity index (χ1v) is 6.85. The lowest BCUT2D eigenvalue weighted by molar-refractivity contribution is 0.0600. The summed E-state index contributed by atoms with van der Waals surface area (Å²) >= 11 is 11.9. The van der Waals surface area contributed by atoms with Crippen LogP contribution in [0.1, 0.15) is 23.2 Å². The molecule has 1 aromatic rings. The molecule has 0 unspecified atom stereocenters. The topological polar surface area (TPSA) is 32.3 Å². The van der Waals surface area contributed by atoms with Crippen LogP contribution in [0.25, 0.3) is 0 Å². The minimum atomic E-state index is 0. The van der Waals surface area contributed by atoms with Gasteiger partial charge in [-0.25, -0.2) is 0 Å². The summed E-state index contributed by atoms with van der Waals surface area (Å²) in [6.07, 6.45) is 2.17. The Balaban J connectivity index is 0.00000133. The number of benzene rings is 1. The number of halogens is 3. The van der Waals surface area contributed by atoms with Gasteiger partial charge < -0.3 is 10.2 Å². The van der Waals surface area contributed by atoms with Crippen molar-refractivity contribution in [1.29, 1.82) is 0 Å². The minimum Gasteiger partial charge on any atom is -0.330 e. The molecule has 6 heteroatoms. The molecule has 104 valence electrons. The summed E-state index contributed by atoms with van der Waals surface area (Å²) in [5.74, 6) is 0.0402. The zero-order valence-electron chi connectivity index (χ0n) is 10.3. The maximum absolute atomic E-state index is 12.5. The van der Waals surface area contributed by atoms with E-state index in [1.807, 2.05) is 4.90 Å². The molecule has 1 N–H and O–H groups in total. The fourth-order valence-electron chi connectivity index (χ4n) is 2.59. The molecule has 1 amide bonds. The monoisotopic (exact) mass is 320 g/mol. The van der Waals surface area contributed by atoms with E-state index in [-0.39, 0.29) is 23.9 Å². The molecular weight excluding hydrogens is 307 g/mol. The van der Waals surface area contributed by atoms with Crippen LogP contribution in [0.15, 0.2) is 18.2 Å². The van der Waals surface area contributed by atoms with E-state index in [2.05, 4.69) is 5.32 Å². The molecule has 1 saturated heterocycles. The van der Waals surface area contributed by atoms with E-state index in [1.54, 1.807) is 18.2 Å². The molecule has 3 rings (SSSR count). The van der Waals surface area contributed by atoms with Gasteiger partial charge >= 0.3 is 0 Å². The van der Waals surface area contributed by atoms with Gasteiger partial charge in [0.05, 0.1) is 5.54 Å². The third kappa shape index (κ3) is 2.84. The van der Waals surface area contributed by atoms with Crippen LogP contribution in [-0.4, -0.2) is 36.0 Å². The van der Waals surface area contributed by atoms with Crippen LogP contribution >= 0.6 is 35.6 Å². The first-order chi connectivity index (χ1) is 8.61. The first kappa shape index (κ1) is 14.9. The summed E-state index contributed by atoms with van der Waals surface area (Å²) in [5.41, 5.74) is 0.630. The van der Waals surface area contributed by atoms with E-state index >= 15 is 0 Å². The second kappa shape index (κ2) is 5.49. The number of nitrogens with one attached hydrogen (secondary N) is 1. The summed E-state index contributed by atoms with van der Waals surface area (Å²) in [4.78, 5) is 14.5. The molecule has 0 atom stereocenters. The smallest absolute Gasteiger partial charge is 0.254 e. The molecular formula is C13H15Cl3N2O. The SMILES string of the molecule is Cl.O=C(c1cc(Cl)cc(Cl)c1)N1CCNCC12CC2. The van der Waals surface area contributed by atoms with Gasteiger partial charge in [0.15, 0.2) is 0 Å². The molecule has 19 heavy (non-hydrogen) atoms. The number of hydrogen-bond acceptors (Lipinski definition) is 2. The van der Waals surface area contributed by atoms with E-state index in [9.17, 15) is 4.79 Å². The van der Waals surface area contributed by atoms with Gasteiger partial charge in [0.25, 0.3) is 5.91 Å². The molecule has 1 aliphatic heterocycles. The van der Waals surface area contributed by atoms with Crippen molar-refractivity contribution in [3.8, 4) is 0 Å². The summed E-state index contributed by atoms with van der Waals surface area (Å²) < 4.78 is 0. The van der Waals surface area contributed by atoms with E-state index in [0.717, 1.165) is 32.5 Å². The van der Waals surface area contributed by atoms with Crippen molar-refractivity contribution in [3.05, 3.63) is 33.8 Å². The first-order valence-electron chi connectivity index (χ1n) is 6.10. The number of amides is 1. The molecule has 0 bridgehead atoms. The maximum Gasteiger partial charge on any atom is 0.254 e. The van der Waals surface area contributed by atoms with E-state index in [1.165, 1.54) is 0 Å². The predicted molar refractivity (Wildman–Crippen MR) is 79.6 cm³/mol. The Bertz CT molecular complexity index is 482. The largest absolute Gasteiger partial charge is 0.330 e. The number of piperazine rings is 1. The van der Waals surface area contributed by atoms with Gasteiger partial charge in [-0.1, -0.05) is 23.2 Å².